The molecule has 0 saturated carbocycles. The molecule has 0 spiro atoms. The first kappa shape index (κ1) is 17.8. The van der Waals surface area contributed by atoms with Crippen molar-refractivity contribution >= 4 is 11.9 Å². The van der Waals surface area contributed by atoms with Gasteiger partial charge in [-0.1, -0.05) is 36.4 Å². The third kappa shape index (κ3) is 3.82. The number of likely N-dealkylation sites (tertiary alicyclic amines) is 1. The fourth-order valence-electron chi connectivity index (χ4n) is 3.15. The van der Waals surface area contributed by atoms with Crippen molar-refractivity contribution in [3.63, 3.8) is 0 Å². The topological polar surface area (TPSA) is 61.4 Å². The van der Waals surface area contributed by atoms with E-state index in [4.69, 9.17) is 0 Å². The number of benzene rings is 2. The average molecular weight is 359 g/mol. The number of carbonyl (C=O) groups excluding carboxylic acids is 2. The third-order valence-corrected chi connectivity index (χ3v) is 4.48. The van der Waals surface area contributed by atoms with Crippen LogP contribution in [0.3, 0.4) is 0 Å². The minimum absolute atomic E-state index is 0.0961. The first-order chi connectivity index (χ1) is 12.5. The molecule has 0 bridgehead atoms. The summed E-state index contributed by atoms with van der Waals surface area (Å²) in [5, 5.41) is 5.50. The van der Waals surface area contributed by atoms with E-state index < -0.39 is 29.7 Å². The Morgan fingerprint density at radius 2 is 1.88 bits per heavy atom. The fraction of sp³-hybridized carbons (Fsp3) is 0.263. The first-order valence-corrected chi connectivity index (χ1v) is 8.24. The van der Waals surface area contributed by atoms with Gasteiger partial charge in [0.25, 0.3) is 0 Å². The molecule has 0 aliphatic carbocycles. The van der Waals surface area contributed by atoms with Crippen LogP contribution < -0.4 is 10.6 Å². The zero-order chi connectivity index (χ0) is 18.7. The molecule has 0 aromatic heterocycles. The maximum Gasteiger partial charge on any atom is 0.315 e. The van der Waals surface area contributed by atoms with Gasteiger partial charge < -0.3 is 15.5 Å². The van der Waals surface area contributed by atoms with Crippen molar-refractivity contribution in [2.75, 3.05) is 7.05 Å². The molecule has 2 aromatic carbocycles. The molecule has 1 heterocycles. The van der Waals surface area contributed by atoms with Crippen LogP contribution in [0.2, 0.25) is 0 Å². The van der Waals surface area contributed by atoms with E-state index in [0.29, 0.717) is 12.1 Å². The van der Waals surface area contributed by atoms with Crippen molar-refractivity contribution in [3.05, 3.63) is 71.3 Å². The molecule has 26 heavy (non-hydrogen) atoms. The molecule has 3 rings (SSSR count). The summed E-state index contributed by atoms with van der Waals surface area (Å²) >= 11 is 0. The maximum atomic E-state index is 13.6. The standard InChI is InChI=1S/C19H19F2N3O2/c1-24-17(25)10-16(18(24)13-7-8-14(20)15(21)9-13)23-19(26)22-11-12-5-3-2-4-6-12/h2-9,16,18H,10-11H2,1H3,(H2,22,23,26)/t16-,18+/m0/s1. The number of amides is 3. The van der Waals surface area contributed by atoms with Crippen LogP contribution in [-0.4, -0.2) is 29.9 Å². The lowest BCUT2D eigenvalue weighted by Gasteiger charge is -2.26. The summed E-state index contributed by atoms with van der Waals surface area (Å²) in [6, 6.07) is 11.4. The molecule has 0 radical (unpaired) electrons. The minimum atomic E-state index is -0.984. The lowest BCUT2D eigenvalue weighted by molar-refractivity contribution is -0.127. The van der Waals surface area contributed by atoms with Gasteiger partial charge in [-0.25, -0.2) is 13.6 Å². The second kappa shape index (κ2) is 7.51. The monoisotopic (exact) mass is 359 g/mol. The van der Waals surface area contributed by atoms with Gasteiger partial charge in [0.1, 0.15) is 0 Å². The van der Waals surface area contributed by atoms with Gasteiger partial charge in [-0.3, -0.25) is 4.79 Å². The molecule has 7 heteroatoms. The number of rotatable bonds is 4. The maximum absolute atomic E-state index is 13.6. The van der Waals surface area contributed by atoms with Crippen molar-refractivity contribution in [2.24, 2.45) is 0 Å². The third-order valence-electron chi connectivity index (χ3n) is 4.48. The van der Waals surface area contributed by atoms with Crippen molar-refractivity contribution in [1.29, 1.82) is 0 Å². The van der Waals surface area contributed by atoms with Gasteiger partial charge in [0.2, 0.25) is 5.91 Å². The number of urea groups is 1. The van der Waals surface area contributed by atoms with E-state index >= 15 is 0 Å². The van der Waals surface area contributed by atoms with Crippen molar-refractivity contribution < 1.29 is 18.4 Å². The summed E-state index contributed by atoms with van der Waals surface area (Å²) in [6.07, 6.45) is 0.0961. The number of hydrogen-bond donors (Lipinski definition) is 2. The normalized spacial score (nSPS) is 19.5. The fourth-order valence-corrected chi connectivity index (χ4v) is 3.15. The molecule has 136 valence electrons. The van der Waals surface area contributed by atoms with Crippen LogP contribution in [0.4, 0.5) is 13.6 Å². The minimum Gasteiger partial charge on any atom is -0.337 e. The highest BCUT2D eigenvalue weighted by molar-refractivity contribution is 5.82. The Morgan fingerprint density at radius 3 is 2.58 bits per heavy atom. The summed E-state index contributed by atoms with van der Waals surface area (Å²) in [5.41, 5.74) is 1.38. The summed E-state index contributed by atoms with van der Waals surface area (Å²) < 4.78 is 26.8. The van der Waals surface area contributed by atoms with Gasteiger partial charge in [0.15, 0.2) is 11.6 Å². The molecule has 2 aromatic rings. The summed E-state index contributed by atoms with van der Waals surface area (Å²) in [6.45, 7) is 0.346. The highest BCUT2D eigenvalue weighted by Crippen LogP contribution is 2.32. The molecular weight excluding hydrogens is 340 g/mol. The first-order valence-electron chi connectivity index (χ1n) is 8.24. The Bertz CT molecular complexity index is 814. The molecule has 3 amide bonds. The zero-order valence-corrected chi connectivity index (χ0v) is 14.2. The molecule has 1 fully saturated rings. The van der Waals surface area contributed by atoms with E-state index in [1.54, 1.807) is 7.05 Å². The highest BCUT2D eigenvalue weighted by Gasteiger charge is 2.39. The number of hydrogen-bond acceptors (Lipinski definition) is 2. The second-order valence-electron chi connectivity index (χ2n) is 6.25. The molecule has 2 N–H and O–H groups in total. The van der Waals surface area contributed by atoms with Gasteiger partial charge >= 0.3 is 6.03 Å². The molecular formula is C19H19F2N3O2. The van der Waals surface area contributed by atoms with Crippen LogP contribution in [0.25, 0.3) is 0 Å². The molecule has 0 unspecified atom stereocenters. The van der Waals surface area contributed by atoms with E-state index in [0.717, 1.165) is 17.7 Å². The van der Waals surface area contributed by atoms with Gasteiger partial charge in [-0.15, -0.1) is 0 Å². The molecule has 1 aliphatic heterocycles. The summed E-state index contributed by atoms with van der Waals surface area (Å²) in [4.78, 5) is 25.7. The van der Waals surface area contributed by atoms with Crippen molar-refractivity contribution in [2.45, 2.75) is 25.0 Å². The molecule has 1 saturated heterocycles. The molecule has 1 aliphatic rings. The number of nitrogens with zero attached hydrogens (tertiary/aromatic N) is 1. The Hall–Kier alpha value is -2.96. The lowest BCUT2D eigenvalue weighted by Crippen LogP contribution is -2.44. The van der Waals surface area contributed by atoms with Crippen LogP contribution in [0.1, 0.15) is 23.6 Å². The zero-order valence-electron chi connectivity index (χ0n) is 14.2. The predicted octanol–water partition coefficient (Wildman–Crippen LogP) is 2.74. The van der Waals surface area contributed by atoms with Crippen LogP contribution >= 0.6 is 0 Å². The van der Waals surface area contributed by atoms with E-state index in [2.05, 4.69) is 10.6 Å². The van der Waals surface area contributed by atoms with Crippen LogP contribution in [0, 0.1) is 11.6 Å². The van der Waals surface area contributed by atoms with E-state index in [-0.39, 0.29) is 12.3 Å². The van der Waals surface area contributed by atoms with Crippen LogP contribution in [0.5, 0.6) is 0 Å². The largest absolute Gasteiger partial charge is 0.337 e. The van der Waals surface area contributed by atoms with Crippen molar-refractivity contribution in [3.8, 4) is 0 Å². The second-order valence-corrected chi connectivity index (χ2v) is 6.25. The quantitative estimate of drug-likeness (QED) is 0.882. The van der Waals surface area contributed by atoms with Gasteiger partial charge in [0, 0.05) is 20.0 Å². The Balaban J connectivity index is 1.69. The number of carbonyl (C=O) groups is 2. The number of halogens is 2. The van der Waals surface area contributed by atoms with Gasteiger partial charge in [-0.05, 0) is 23.3 Å². The number of likely N-dealkylation sites (N-methyl/N-ethyl adjacent to an activating group) is 1. The van der Waals surface area contributed by atoms with Gasteiger partial charge in [0.05, 0.1) is 12.1 Å². The summed E-state index contributed by atoms with van der Waals surface area (Å²) in [5.74, 6) is -2.11. The van der Waals surface area contributed by atoms with Gasteiger partial charge in [-0.2, -0.15) is 0 Å². The number of nitrogens with one attached hydrogen (secondary N) is 2. The average Bonchev–Trinajstić information content (AvgIpc) is 2.90. The van der Waals surface area contributed by atoms with E-state index in [9.17, 15) is 18.4 Å². The smallest absolute Gasteiger partial charge is 0.315 e. The van der Waals surface area contributed by atoms with E-state index in [1.807, 2.05) is 30.3 Å². The van der Waals surface area contributed by atoms with Crippen LogP contribution in [-0.2, 0) is 11.3 Å². The highest BCUT2D eigenvalue weighted by atomic mass is 19.2. The Morgan fingerprint density at radius 1 is 1.15 bits per heavy atom. The Labute approximate surface area is 150 Å². The van der Waals surface area contributed by atoms with Crippen LogP contribution in [0.15, 0.2) is 48.5 Å². The van der Waals surface area contributed by atoms with E-state index in [1.165, 1.54) is 11.0 Å². The molecule has 2 atom stereocenters. The Kier molecular flexibility index (Phi) is 5.16. The SMILES string of the molecule is CN1C(=O)C[C@H](NC(=O)NCc2ccccc2)[C@H]1c1ccc(F)c(F)c1. The lowest BCUT2D eigenvalue weighted by atomic mass is 10.00. The molecule has 5 nitrogen and oxygen atoms in total. The van der Waals surface area contributed by atoms with Crippen molar-refractivity contribution in [1.82, 2.24) is 15.5 Å². The predicted molar refractivity (Wildman–Crippen MR) is 92.1 cm³/mol. The summed E-state index contributed by atoms with van der Waals surface area (Å²) in [7, 11) is 1.58.